The number of hydrogen-bond acceptors (Lipinski definition) is 16. The van der Waals surface area contributed by atoms with E-state index < -0.39 is 96.1 Å². The Morgan fingerprint density at radius 2 is 1.55 bits per heavy atom. The number of aliphatic hydroxyl groups excluding tert-OH is 6. The topological polar surface area (TPSA) is 258 Å². The summed E-state index contributed by atoms with van der Waals surface area (Å²) in [5.41, 5.74) is -1.11. The van der Waals surface area contributed by atoms with Gasteiger partial charge in [0, 0.05) is 17.7 Å². The molecule has 0 radical (unpaired) electrons. The Bertz CT molecular complexity index is 1550. The second-order valence-electron chi connectivity index (χ2n) is 10.4. The molecule has 0 aliphatic carbocycles. The molecule has 10 atom stereocenters. The summed E-state index contributed by atoms with van der Waals surface area (Å²) < 4.78 is 33.3. The molecule has 2 aliphatic rings. The minimum absolute atomic E-state index is 0.0151. The van der Waals surface area contributed by atoms with Crippen LogP contribution in [0.4, 0.5) is 0 Å². The number of fused-ring (bicyclic) bond motifs is 1. The molecule has 1 aromatic heterocycles. The van der Waals surface area contributed by atoms with Gasteiger partial charge in [-0.25, -0.2) is 0 Å². The van der Waals surface area contributed by atoms with E-state index in [2.05, 4.69) is 0 Å². The number of benzene rings is 2. The van der Waals surface area contributed by atoms with Gasteiger partial charge in [-0.1, -0.05) is 0 Å². The molecule has 0 bridgehead atoms. The number of rotatable bonds is 7. The van der Waals surface area contributed by atoms with Crippen LogP contribution in [0, 0.1) is 0 Å². The van der Waals surface area contributed by atoms with Gasteiger partial charge in [0.15, 0.2) is 23.5 Å². The van der Waals surface area contributed by atoms with E-state index in [-0.39, 0.29) is 28.4 Å². The number of hydrogen-bond donors (Lipinski definition) is 9. The van der Waals surface area contributed by atoms with Crippen molar-refractivity contribution >= 4 is 11.0 Å². The van der Waals surface area contributed by atoms with Crippen LogP contribution in [-0.4, -0.2) is 121 Å². The highest BCUT2D eigenvalue weighted by Gasteiger charge is 2.51. The number of phenols is 3. The van der Waals surface area contributed by atoms with Gasteiger partial charge >= 0.3 is 0 Å². The van der Waals surface area contributed by atoms with E-state index in [9.17, 15) is 50.8 Å². The minimum Gasteiger partial charge on any atom is -0.508 e. The first-order valence-corrected chi connectivity index (χ1v) is 13.4. The zero-order valence-electron chi connectivity index (χ0n) is 23.3. The summed E-state index contributed by atoms with van der Waals surface area (Å²) in [5, 5.41) is 92.4. The van der Waals surface area contributed by atoms with E-state index in [0.717, 1.165) is 12.1 Å². The molecule has 44 heavy (non-hydrogen) atoms. The van der Waals surface area contributed by atoms with Crippen LogP contribution < -0.4 is 14.9 Å². The molecule has 5 rings (SSSR count). The Labute approximate surface area is 248 Å². The highest BCUT2D eigenvalue weighted by Crippen LogP contribution is 2.40. The van der Waals surface area contributed by atoms with Crippen molar-refractivity contribution in [2.24, 2.45) is 0 Å². The maximum absolute atomic E-state index is 13.7. The van der Waals surface area contributed by atoms with Crippen molar-refractivity contribution in [2.45, 2.75) is 68.3 Å². The maximum Gasteiger partial charge on any atom is 0.239 e. The SMILES string of the molecule is COc1cc(-c2oc3cc(O)cc(O)c3c(=O)c2O[C@@H]2O[C@H](CO)[C@@H](O[C@@H]3O[C@@H](C)[C@H](O)[C@@H](O)[C@H]3O)[C@H](O)[C@H]2O)ccc1O. The maximum atomic E-state index is 13.7. The number of aromatic hydroxyl groups is 3. The zero-order valence-corrected chi connectivity index (χ0v) is 23.3. The zero-order chi connectivity index (χ0) is 32.0. The van der Waals surface area contributed by atoms with Gasteiger partial charge in [-0.05, 0) is 25.1 Å². The number of methoxy groups -OCH3 is 1. The lowest BCUT2D eigenvalue weighted by Gasteiger charge is -2.45. The summed E-state index contributed by atoms with van der Waals surface area (Å²) in [7, 11) is 1.28. The van der Waals surface area contributed by atoms with Crippen molar-refractivity contribution in [1.82, 2.24) is 0 Å². The summed E-state index contributed by atoms with van der Waals surface area (Å²) in [5.74, 6) is -2.28. The van der Waals surface area contributed by atoms with Crippen molar-refractivity contribution < 1.29 is 74.1 Å². The summed E-state index contributed by atoms with van der Waals surface area (Å²) in [6.45, 7) is 0.577. The van der Waals surface area contributed by atoms with E-state index in [1.807, 2.05) is 0 Å². The molecule has 3 heterocycles. The average Bonchev–Trinajstić information content (AvgIpc) is 2.99. The molecule has 0 spiro atoms. The molecule has 9 N–H and O–H groups in total. The third-order valence-electron chi connectivity index (χ3n) is 7.51. The summed E-state index contributed by atoms with van der Waals surface area (Å²) >= 11 is 0. The fraction of sp³-hybridized carbons (Fsp3) is 0.464. The first kappa shape index (κ1) is 31.7. The Morgan fingerprint density at radius 1 is 0.841 bits per heavy atom. The highest BCUT2D eigenvalue weighted by atomic mass is 16.7. The minimum atomic E-state index is -1.97. The highest BCUT2D eigenvalue weighted by molar-refractivity contribution is 5.88. The van der Waals surface area contributed by atoms with Crippen molar-refractivity contribution in [3.63, 3.8) is 0 Å². The normalized spacial score (nSPS) is 32.5. The van der Waals surface area contributed by atoms with E-state index >= 15 is 0 Å². The van der Waals surface area contributed by atoms with E-state index in [0.29, 0.717) is 0 Å². The third-order valence-corrected chi connectivity index (χ3v) is 7.51. The Hall–Kier alpha value is -3.71. The van der Waals surface area contributed by atoms with Gasteiger partial charge in [-0.3, -0.25) is 4.79 Å². The molecular formula is C28H32O16. The van der Waals surface area contributed by atoms with Crippen LogP contribution in [0.2, 0.25) is 0 Å². The predicted octanol–water partition coefficient (Wildman–Crippen LogP) is -1.38. The van der Waals surface area contributed by atoms with Crippen LogP contribution in [0.5, 0.6) is 28.7 Å². The van der Waals surface area contributed by atoms with Crippen LogP contribution in [-0.2, 0) is 14.2 Å². The molecular weight excluding hydrogens is 592 g/mol. The van der Waals surface area contributed by atoms with Gasteiger partial charge < -0.3 is 74.1 Å². The van der Waals surface area contributed by atoms with Gasteiger partial charge in [0.2, 0.25) is 17.5 Å². The predicted molar refractivity (Wildman–Crippen MR) is 145 cm³/mol. The molecule has 0 amide bonds. The second kappa shape index (κ2) is 12.4. The summed E-state index contributed by atoms with van der Waals surface area (Å²) in [4.78, 5) is 13.7. The second-order valence-corrected chi connectivity index (χ2v) is 10.4. The van der Waals surface area contributed by atoms with Crippen LogP contribution in [0.15, 0.2) is 39.5 Å². The number of ether oxygens (including phenoxy) is 5. The van der Waals surface area contributed by atoms with Gasteiger partial charge in [0.1, 0.15) is 65.2 Å². The first-order valence-electron chi connectivity index (χ1n) is 13.4. The van der Waals surface area contributed by atoms with Gasteiger partial charge in [-0.2, -0.15) is 0 Å². The van der Waals surface area contributed by atoms with Crippen LogP contribution >= 0.6 is 0 Å². The molecule has 240 valence electrons. The molecule has 0 unspecified atom stereocenters. The quantitative estimate of drug-likeness (QED) is 0.147. The molecule has 2 aromatic carbocycles. The fourth-order valence-corrected chi connectivity index (χ4v) is 5.10. The smallest absolute Gasteiger partial charge is 0.239 e. The lowest BCUT2D eigenvalue weighted by atomic mass is 9.97. The molecule has 16 nitrogen and oxygen atoms in total. The molecule has 3 aromatic rings. The molecule has 0 saturated carbocycles. The molecule has 2 fully saturated rings. The number of phenolic OH excluding ortho intramolecular Hbond substituents is 3. The molecule has 2 saturated heterocycles. The van der Waals surface area contributed by atoms with E-state index in [4.69, 9.17) is 28.1 Å². The van der Waals surface area contributed by atoms with Crippen molar-refractivity contribution in [3.8, 4) is 40.1 Å². The van der Waals surface area contributed by atoms with E-state index in [1.165, 1.54) is 32.2 Å². The lowest BCUT2D eigenvalue weighted by Crippen LogP contribution is -2.64. The van der Waals surface area contributed by atoms with Crippen LogP contribution in [0.3, 0.4) is 0 Å². The summed E-state index contributed by atoms with van der Waals surface area (Å²) in [6.07, 6.45) is -16.2. The van der Waals surface area contributed by atoms with Crippen LogP contribution in [0.1, 0.15) is 6.92 Å². The van der Waals surface area contributed by atoms with Crippen molar-refractivity contribution in [1.29, 1.82) is 0 Å². The average molecular weight is 625 g/mol. The number of aliphatic hydroxyl groups is 6. The van der Waals surface area contributed by atoms with Crippen molar-refractivity contribution in [3.05, 3.63) is 40.6 Å². The Kier molecular flexibility index (Phi) is 8.90. The van der Waals surface area contributed by atoms with Crippen LogP contribution in [0.25, 0.3) is 22.3 Å². The molecule has 2 aliphatic heterocycles. The largest absolute Gasteiger partial charge is 0.508 e. The third kappa shape index (κ3) is 5.63. The Balaban J connectivity index is 1.51. The lowest BCUT2D eigenvalue weighted by molar-refractivity contribution is -0.349. The van der Waals surface area contributed by atoms with Gasteiger partial charge in [-0.15, -0.1) is 0 Å². The van der Waals surface area contributed by atoms with Gasteiger partial charge in [0.25, 0.3) is 0 Å². The molecule has 16 heteroatoms. The van der Waals surface area contributed by atoms with E-state index in [1.54, 1.807) is 0 Å². The summed E-state index contributed by atoms with van der Waals surface area (Å²) in [6, 6.07) is 5.83. The Morgan fingerprint density at radius 3 is 2.23 bits per heavy atom. The fourth-order valence-electron chi connectivity index (χ4n) is 5.10. The monoisotopic (exact) mass is 624 g/mol. The first-order chi connectivity index (χ1) is 20.9. The van der Waals surface area contributed by atoms with Gasteiger partial charge in [0.05, 0.1) is 19.8 Å². The standard InChI is InChI=1S/C28H32O16/c1-9-18(33)20(35)22(37)27(40-9)43-25-16(8-29)42-28(23(38)21(25)36)44-26-19(34)17-13(32)6-11(30)7-15(17)41-24(26)10-3-4-12(31)14(5-10)39-2/h3-7,9,16,18,20-23,25,27-33,35-38H,8H2,1-2H3/t9-,16+,18-,20+,21+,22+,23+,25+,27-,28-/m0/s1. The van der Waals surface area contributed by atoms with Crippen molar-refractivity contribution in [2.75, 3.05) is 13.7 Å².